The normalized spacial score (nSPS) is 14.9. The van der Waals surface area contributed by atoms with Crippen molar-refractivity contribution in [3.63, 3.8) is 0 Å². The van der Waals surface area contributed by atoms with Gasteiger partial charge in [-0.15, -0.1) is 0 Å². The van der Waals surface area contributed by atoms with Crippen LogP contribution in [0.4, 0.5) is 4.79 Å². The van der Waals surface area contributed by atoms with E-state index in [-0.39, 0.29) is 56.2 Å². The molecule has 39 heavy (non-hydrogen) atoms. The number of aromatic nitrogens is 1. The predicted octanol–water partition coefficient (Wildman–Crippen LogP) is 1.74. The molecule has 3 amide bonds. The Balaban J connectivity index is 2.12. The Labute approximate surface area is 224 Å². The third kappa shape index (κ3) is 6.72. The van der Waals surface area contributed by atoms with Gasteiger partial charge in [0, 0.05) is 38.0 Å². The van der Waals surface area contributed by atoms with Gasteiger partial charge in [0.2, 0.25) is 5.91 Å². The Kier molecular flexibility index (Phi) is 9.28. The number of carbonyl (C=O) groups is 5. The Morgan fingerprint density at radius 3 is 2.28 bits per heavy atom. The Hall–Kier alpha value is -4.42. The summed E-state index contributed by atoms with van der Waals surface area (Å²) in [4.78, 5) is 69.2. The fourth-order valence-electron chi connectivity index (χ4n) is 4.39. The van der Waals surface area contributed by atoms with E-state index in [0.29, 0.717) is 10.9 Å². The minimum atomic E-state index is -1.37. The van der Waals surface area contributed by atoms with E-state index < -0.39 is 48.3 Å². The molecule has 4 N–H and O–H groups in total. The highest BCUT2D eigenvalue weighted by atomic mass is 16.6. The predicted molar refractivity (Wildman–Crippen MR) is 138 cm³/mol. The third-order valence-electron chi connectivity index (χ3n) is 6.40. The van der Waals surface area contributed by atoms with Crippen LogP contribution >= 0.6 is 0 Å². The number of rotatable bonds is 10. The van der Waals surface area contributed by atoms with Crippen molar-refractivity contribution in [2.24, 2.45) is 5.73 Å². The number of pyridine rings is 1. The minimum absolute atomic E-state index is 0.0905. The summed E-state index contributed by atoms with van der Waals surface area (Å²) >= 11 is 0. The van der Waals surface area contributed by atoms with Gasteiger partial charge in [-0.25, -0.2) is 9.59 Å². The fraction of sp³-hybridized carbons (Fsp3) is 0.462. The molecule has 2 heterocycles. The van der Waals surface area contributed by atoms with Gasteiger partial charge < -0.3 is 35.2 Å². The number of aryl methyl sites for hydroxylation is 1. The smallest absolute Gasteiger partial charge is 0.409 e. The second-order valence-corrected chi connectivity index (χ2v) is 9.18. The molecule has 0 radical (unpaired) electrons. The second-order valence-electron chi connectivity index (χ2n) is 9.18. The van der Waals surface area contributed by atoms with Crippen molar-refractivity contribution in [1.82, 2.24) is 14.8 Å². The Bertz CT molecular complexity index is 1290. The molecule has 1 fully saturated rings. The first kappa shape index (κ1) is 29.1. The van der Waals surface area contributed by atoms with Crippen LogP contribution in [0.5, 0.6) is 5.75 Å². The lowest BCUT2D eigenvalue weighted by molar-refractivity contribution is -0.144. The zero-order valence-corrected chi connectivity index (χ0v) is 22.0. The number of benzene rings is 1. The van der Waals surface area contributed by atoms with E-state index >= 15 is 0 Å². The number of carbonyl (C=O) groups excluding carboxylic acids is 3. The maximum Gasteiger partial charge on any atom is 0.409 e. The quantitative estimate of drug-likeness (QED) is 0.397. The highest BCUT2D eigenvalue weighted by Gasteiger charge is 2.36. The molecule has 1 aliphatic rings. The maximum absolute atomic E-state index is 13.8. The molecule has 210 valence electrons. The number of carboxylic acids is 2. The van der Waals surface area contributed by atoms with Gasteiger partial charge in [-0.2, -0.15) is 0 Å². The van der Waals surface area contributed by atoms with E-state index in [1.54, 1.807) is 32.0 Å². The average Bonchev–Trinajstić information content (AvgIpc) is 2.88. The van der Waals surface area contributed by atoms with Gasteiger partial charge in [-0.3, -0.25) is 19.4 Å². The molecule has 1 saturated heterocycles. The number of aliphatic carboxylic acids is 2. The zero-order chi connectivity index (χ0) is 28.9. The van der Waals surface area contributed by atoms with Gasteiger partial charge >= 0.3 is 18.0 Å². The summed E-state index contributed by atoms with van der Waals surface area (Å²) in [6.07, 6.45) is -2.48. The number of nitrogens with two attached hydrogens (primary N) is 1. The number of hydrogen-bond acceptors (Lipinski definition) is 8. The lowest BCUT2D eigenvalue weighted by Gasteiger charge is -2.36. The second kappa shape index (κ2) is 12.4. The molecule has 1 aromatic heterocycles. The van der Waals surface area contributed by atoms with Crippen molar-refractivity contribution in [3.05, 3.63) is 35.0 Å². The molecule has 1 aliphatic heterocycles. The summed E-state index contributed by atoms with van der Waals surface area (Å²) in [7, 11) is 0. The van der Waals surface area contributed by atoms with Crippen LogP contribution in [0.2, 0.25) is 0 Å². The molecule has 0 spiro atoms. The van der Waals surface area contributed by atoms with Gasteiger partial charge in [0.1, 0.15) is 11.3 Å². The van der Waals surface area contributed by atoms with E-state index in [2.05, 4.69) is 4.98 Å². The maximum atomic E-state index is 13.8. The van der Waals surface area contributed by atoms with Crippen LogP contribution < -0.4 is 10.5 Å². The monoisotopic (exact) mass is 544 g/mol. The first-order valence-electron chi connectivity index (χ1n) is 12.5. The molecule has 13 heteroatoms. The molecule has 2 atom stereocenters. The molecule has 13 nitrogen and oxygen atoms in total. The molecule has 2 aromatic rings. The third-order valence-corrected chi connectivity index (χ3v) is 6.40. The molecule has 0 saturated carbocycles. The number of carboxylic acid groups (broad SMARTS) is 2. The number of piperazine rings is 1. The topological polar surface area (TPSA) is 190 Å². The van der Waals surface area contributed by atoms with E-state index in [1.807, 2.05) is 0 Å². The number of nitrogens with zero attached hydrogens (tertiary/aromatic N) is 3. The Morgan fingerprint density at radius 2 is 1.72 bits per heavy atom. The van der Waals surface area contributed by atoms with Crippen LogP contribution in [0, 0.1) is 6.92 Å². The summed E-state index contributed by atoms with van der Waals surface area (Å²) in [5, 5.41) is 19.1. The number of amides is 3. The molecule has 2 unspecified atom stereocenters. The lowest BCUT2D eigenvalue weighted by Crippen LogP contribution is -2.52. The SMILES string of the molecule is CCOC(=O)N1CCN(C(=O)C(CCC(=O)O)c2nc3cc(C)ccc3c(OC(C)C(=O)O)c2C(N)=O)CC1. The largest absolute Gasteiger partial charge is 0.481 e. The molecular weight excluding hydrogens is 512 g/mol. The molecule has 1 aromatic carbocycles. The van der Waals surface area contributed by atoms with Crippen molar-refractivity contribution >= 4 is 40.7 Å². The van der Waals surface area contributed by atoms with Gasteiger partial charge in [-0.05, 0) is 44.9 Å². The number of fused-ring (bicyclic) bond motifs is 1. The van der Waals surface area contributed by atoms with Crippen LogP contribution in [0.25, 0.3) is 10.9 Å². The highest BCUT2D eigenvalue weighted by Crippen LogP contribution is 2.37. The van der Waals surface area contributed by atoms with Crippen molar-refractivity contribution in [2.45, 2.75) is 45.6 Å². The molecule has 3 rings (SSSR count). The number of ether oxygens (including phenoxy) is 2. The van der Waals surface area contributed by atoms with Crippen molar-refractivity contribution in [2.75, 3.05) is 32.8 Å². The minimum Gasteiger partial charge on any atom is -0.481 e. The van der Waals surface area contributed by atoms with Gasteiger partial charge in [0.25, 0.3) is 5.91 Å². The van der Waals surface area contributed by atoms with Crippen molar-refractivity contribution < 1.29 is 43.7 Å². The van der Waals surface area contributed by atoms with Crippen LogP contribution in [0.1, 0.15) is 54.2 Å². The standard InChI is InChI=1S/C26H32N4O9/c1-4-38-26(37)30-11-9-29(10-12-30)24(34)17(7-8-19(31)32)21-20(23(27)33)22(39-15(3)25(35)36)16-6-5-14(2)13-18(16)28-21/h5-6,13,15,17H,4,7-12H2,1-3H3,(H2,27,33)(H,31,32)(H,35,36). The van der Waals surface area contributed by atoms with E-state index in [9.17, 15) is 34.2 Å². The molecular formula is C26H32N4O9. The molecule has 0 aliphatic carbocycles. The molecule has 0 bridgehead atoms. The summed E-state index contributed by atoms with van der Waals surface area (Å²) in [5.41, 5.74) is 6.48. The summed E-state index contributed by atoms with van der Waals surface area (Å²) in [5.74, 6) is -5.30. The summed E-state index contributed by atoms with van der Waals surface area (Å²) < 4.78 is 10.7. The van der Waals surface area contributed by atoms with E-state index in [1.165, 1.54) is 16.7 Å². The van der Waals surface area contributed by atoms with Gasteiger partial charge in [0.05, 0.1) is 23.7 Å². The van der Waals surface area contributed by atoms with Crippen LogP contribution in [-0.4, -0.2) is 93.7 Å². The van der Waals surface area contributed by atoms with Crippen molar-refractivity contribution in [3.8, 4) is 5.75 Å². The van der Waals surface area contributed by atoms with Gasteiger partial charge in [0.15, 0.2) is 6.10 Å². The summed E-state index contributed by atoms with van der Waals surface area (Å²) in [6, 6.07) is 5.02. The van der Waals surface area contributed by atoms with E-state index in [4.69, 9.17) is 15.2 Å². The van der Waals surface area contributed by atoms with Crippen LogP contribution in [0.3, 0.4) is 0 Å². The number of hydrogen-bond donors (Lipinski definition) is 3. The highest BCUT2D eigenvalue weighted by molar-refractivity contribution is 6.05. The first-order valence-corrected chi connectivity index (χ1v) is 12.5. The first-order chi connectivity index (χ1) is 18.4. The van der Waals surface area contributed by atoms with E-state index in [0.717, 1.165) is 5.56 Å². The van der Waals surface area contributed by atoms with Gasteiger partial charge in [-0.1, -0.05) is 6.07 Å². The fourth-order valence-corrected chi connectivity index (χ4v) is 4.39. The Morgan fingerprint density at radius 1 is 1.08 bits per heavy atom. The summed E-state index contributed by atoms with van der Waals surface area (Å²) in [6.45, 7) is 5.69. The van der Waals surface area contributed by atoms with Crippen LogP contribution in [-0.2, 0) is 19.1 Å². The van der Waals surface area contributed by atoms with Crippen molar-refractivity contribution in [1.29, 1.82) is 0 Å². The lowest BCUT2D eigenvalue weighted by atomic mass is 9.91. The number of primary amides is 1. The zero-order valence-electron chi connectivity index (χ0n) is 22.0. The van der Waals surface area contributed by atoms with Crippen LogP contribution in [0.15, 0.2) is 18.2 Å². The average molecular weight is 545 g/mol.